The molecule has 0 unspecified atom stereocenters. The largest absolute Gasteiger partial charge is 0.452 e. The lowest BCUT2D eigenvalue weighted by Crippen LogP contribution is -2.49. The molecule has 0 aliphatic carbocycles. The fourth-order valence-corrected chi connectivity index (χ4v) is 2.58. The summed E-state index contributed by atoms with van der Waals surface area (Å²) in [5.74, 6) is -0.412. The smallest absolute Gasteiger partial charge is 0.418 e. The predicted octanol–water partition coefficient (Wildman–Crippen LogP) is 1.61. The lowest BCUT2D eigenvalue weighted by molar-refractivity contribution is -0.383. The monoisotopic (exact) mass is 332 g/mol. The number of urea groups is 1. The standard InChI is InChI=1S/C14H12N4O6/c1-24-14(21)17-4-2-9-10(17)6-8(7-11(9)18(22)23)16-5-3-12(19)15-13(16)20/h2,4,6-7H,3,5H2,1H3,(H,15,19,20). The molecule has 1 saturated heterocycles. The van der Waals surface area contributed by atoms with Crippen molar-refractivity contribution in [1.82, 2.24) is 9.88 Å². The number of nitrogens with zero attached hydrogens (tertiary/aromatic N) is 3. The van der Waals surface area contributed by atoms with Crippen LogP contribution in [0.1, 0.15) is 6.42 Å². The molecule has 1 aliphatic rings. The number of nitro groups is 1. The first-order chi connectivity index (χ1) is 11.4. The highest BCUT2D eigenvalue weighted by molar-refractivity contribution is 6.07. The van der Waals surface area contributed by atoms with Crippen LogP contribution in [0.5, 0.6) is 0 Å². The van der Waals surface area contributed by atoms with E-state index >= 15 is 0 Å². The van der Waals surface area contributed by atoms with E-state index in [2.05, 4.69) is 10.1 Å². The number of ether oxygens (including phenoxy) is 1. The molecule has 0 saturated carbocycles. The van der Waals surface area contributed by atoms with Gasteiger partial charge in [0.2, 0.25) is 5.91 Å². The highest BCUT2D eigenvalue weighted by Crippen LogP contribution is 2.33. The van der Waals surface area contributed by atoms with E-state index < -0.39 is 23.0 Å². The van der Waals surface area contributed by atoms with Gasteiger partial charge in [0.05, 0.1) is 28.6 Å². The summed E-state index contributed by atoms with van der Waals surface area (Å²) < 4.78 is 5.75. The van der Waals surface area contributed by atoms with Crippen molar-refractivity contribution in [3.63, 3.8) is 0 Å². The van der Waals surface area contributed by atoms with Crippen molar-refractivity contribution in [2.75, 3.05) is 18.6 Å². The maximum atomic E-state index is 12.0. The van der Waals surface area contributed by atoms with Crippen molar-refractivity contribution in [1.29, 1.82) is 0 Å². The summed E-state index contributed by atoms with van der Waals surface area (Å²) in [6.45, 7) is 0.0895. The average molecular weight is 332 g/mol. The second-order valence-corrected chi connectivity index (χ2v) is 5.07. The van der Waals surface area contributed by atoms with Crippen molar-refractivity contribution in [3.8, 4) is 0 Å². The number of nitro benzene ring substituents is 1. The lowest BCUT2D eigenvalue weighted by Gasteiger charge is -2.26. The number of aromatic nitrogens is 1. The second-order valence-electron chi connectivity index (χ2n) is 5.07. The minimum Gasteiger partial charge on any atom is -0.452 e. The van der Waals surface area contributed by atoms with Gasteiger partial charge in [-0.05, 0) is 12.1 Å². The van der Waals surface area contributed by atoms with Crippen molar-refractivity contribution in [2.45, 2.75) is 6.42 Å². The molecule has 0 bridgehead atoms. The van der Waals surface area contributed by atoms with Crippen molar-refractivity contribution in [2.24, 2.45) is 0 Å². The number of rotatable bonds is 2. The molecular weight excluding hydrogens is 320 g/mol. The van der Waals surface area contributed by atoms with Gasteiger partial charge < -0.3 is 4.74 Å². The number of amides is 3. The number of hydrogen-bond donors (Lipinski definition) is 1. The molecule has 1 aromatic heterocycles. The van der Waals surface area contributed by atoms with Gasteiger partial charge in [-0.25, -0.2) is 9.59 Å². The number of carbonyl (C=O) groups is 3. The van der Waals surface area contributed by atoms with E-state index in [0.29, 0.717) is 0 Å². The first kappa shape index (κ1) is 15.5. The van der Waals surface area contributed by atoms with Gasteiger partial charge in [0.1, 0.15) is 0 Å². The highest BCUT2D eigenvalue weighted by Gasteiger charge is 2.27. The minimum absolute atomic E-state index is 0.0790. The Balaban J connectivity index is 2.18. The number of fused-ring (bicyclic) bond motifs is 1. The summed E-state index contributed by atoms with van der Waals surface area (Å²) >= 11 is 0. The van der Waals surface area contributed by atoms with Crippen molar-refractivity contribution in [3.05, 3.63) is 34.5 Å². The van der Waals surface area contributed by atoms with Crippen molar-refractivity contribution >= 4 is 40.3 Å². The highest BCUT2D eigenvalue weighted by atomic mass is 16.6. The summed E-state index contributed by atoms with van der Waals surface area (Å²) in [6, 6.07) is 3.46. The van der Waals surface area contributed by atoms with E-state index in [9.17, 15) is 24.5 Å². The second kappa shape index (κ2) is 5.65. The van der Waals surface area contributed by atoms with Gasteiger partial charge >= 0.3 is 12.1 Å². The first-order valence-electron chi connectivity index (χ1n) is 6.91. The fraction of sp³-hybridized carbons (Fsp3) is 0.214. The van der Waals surface area contributed by atoms with Crippen LogP contribution in [0.2, 0.25) is 0 Å². The Labute approximate surface area is 134 Å². The zero-order valence-corrected chi connectivity index (χ0v) is 12.5. The normalized spacial score (nSPS) is 14.6. The number of anilines is 1. The molecule has 2 aromatic rings. The van der Waals surface area contributed by atoms with E-state index in [4.69, 9.17) is 0 Å². The maximum Gasteiger partial charge on any atom is 0.418 e. The number of imide groups is 1. The Morgan fingerprint density at radius 2 is 2.12 bits per heavy atom. The van der Waals surface area contributed by atoms with Gasteiger partial charge in [-0.1, -0.05) is 0 Å². The summed E-state index contributed by atoms with van der Waals surface area (Å²) in [5, 5.41) is 13.7. The van der Waals surface area contributed by atoms with Crippen LogP contribution in [0.4, 0.5) is 21.0 Å². The lowest BCUT2D eigenvalue weighted by atomic mass is 10.1. The minimum atomic E-state index is -0.713. The van der Waals surface area contributed by atoms with E-state index in [-0.39, 0.29) is 35.2 Å². The Bertz CT molecular complexity index is 887. The summed E-state index contributed by atoms with van der Waals surface area (Å²) in [7, 11) is 1.19. The third-order valence-electron chi connectivity index (χ3n) is 3.70. The van der Waals surface area contributed by atoms with Gasteiger partial charge in [-0.2, -0.15) is 0 Å². The van der Waals surface area contributed by atoms with E-state index in [1.807, 2.05) is 0 Å². The molecule has 3 rings (SSSR count). The molecular formula is C14H12N4O6. The molecule has 3 amide bonds. The van der Waals surface area contributed by atoms with Crippen LogP contribution in [0.3, 0.4) is 0 Å². The number of non-ortho nitro benzene ring substituents is 1. The molecule has 10 nitrogen and oxygen atoms in total. The molecule has 1 aliphatic heterocycles. The average Bonchev–Trinajstić information content (AvgIpc) is 2.96. The number of carbonyl (C=O) groups excluding carboxylic acids is 3. The molecule has 2 heterocycles. The molecule has 0 spiro atoms. The molecule has 1 aromatic carbocycles. The topological polar surface area (TPSA) is 124 Å². The summed E-state index contributed by atoms with van der Waals surface area (Å²) in [5.41, 5.74) is 0.189. The van der Waals surface area contributed by atoms with E-state index in [0.717, 1.165) is 4.57 Å². The van der Waals surface area contributed by atoms with Crippen LogP contribution in [0, 0.1) is 10.1 Å². The molecule has 124 valence electrons. The van der Waals surface area contributed by atoms with Crippen molar-refractivity contribution < 1.29 is 24.0 Å². The SMILES string of the molecule is COC(=O)n1ccc2c([N+](=O)[O-])cc(N3CCC(=O)NC3=O)cc21. The van der Waals surface area contributed by atoms with Gasteiger partial charge in [-0.15, -0.1) is 0 Å². The molecule has 1 fully saturated rings. The Kier molecular flexibility index (Phi) is 3.64. The van der Waals surface area contributed by atoms with Gasteiger partial charge in [0, 0.05) is 25.2 Å². The van der Waals surface area contributed by atoms with E-state index in [1.54, 1.807) is 0 Å². The third-order valence-corrected chi connectivity index (χ3v) is 3.70. The van der Waals surface area contributed by atoms with Gasteiger partial charge in [0.25, 0.3) is 5.69 Å². The number of methoxy groups -OCH3 is 1. The van der Waals surface area contributed by atoms with Crippen LogP contribution in [0.15, 0.2) is 24.4 Å². The predicted molar refractivity (Wildman–Crippen MR) is 81.9 cm³/mol. The fourth-order valence-electron chi connectivity index (χ4n) is 2.58. The quantitative estimate of drug-likeness (QED) is 0.658. The van der Waals surface area contributed by atoms with Gasteiger partial charge in [0.15, 0.2) is 0 Å². The van der Waals surface area contributed by atoms with E-state index in [1.165, 1.54) is 36.4 Å². The molecule has 10 heteroatoms. The Hall–Kier alpha value is -3.43. The third kappa shape index (κ3) is 2.43. The zero-order valence-electron chi connectivity index (χ0n) is 12.5. The number of hydrogen-bond acceptors (Lipinski definition) is 6. The maximum absolute atomic E-state index is 12.0. The summed E-state index contributed by atoms with van der Waals surface area (Å²) in [4.78, 5) is 47.0. The molecule has 0 atom stereocenters. The molecule has 0 radical (unpaired) electrons. The van der Waals surface area contributed by atoms with Gasteiger partial charge in [-0.3, -0.25) is 29.7 Å². The number of nitrogens with one attached hydrogen (secondary N) is 1. The van der Waals surface area contributed by atoms with Crippen LogP contribution >= 0.6 is 0 Å². The van der Waals surface area contributed by atoms with Crippen LogP contribution in [-0.2, 0) is 9.53 Å². The molecule has 1 N–H and O–H groups in total. The Morgan fingerprint density at radius 3 is 2.75 bits per heavy atom. The summed E-state index contributed by atoms with van der Waals surface area (Å²) in [6.07, 6.45) is 0.720. The number of benzene rings is 1. The van der Waals surface area contributed by atoms with Crippen LogP contribution in [0.25, 0.3) is 10.9 Å². The zero-order chi connectivity index (χ0) is 17.4. The van der Waals surface area contributed by atoms with Crippen LogP contribution in [-0.4, -0.2) is 41.2 Å². The Morgan fingerprint density at radius 1 is 1.38 bits per heavy atom. The first-order valence-corrected chi connectivity index (χ1v) is 6.91. The van der Waals surface area contributed by atoms with Crippen LogP contribution < -0.4 is 10.2 Å². The molecule has 24 heavy (non-hydrogen) atoms.